The molecule has 0 saturated heterocycles. The number of carbonyl (C=O) groups is 1. The van der Waals surface area contributed by atoms with Gasteiger partial charge in [-0.1, -0.05) is 42.5 Å². The first-order valence-corrected chi connectivity index (χ1v) is 9.67. The molecule has 0 bridgehead atoms. The molecule has 0 atom stereocenters. The fourth-order valence-corrected chi connectivity index (χ4v) is 3.50. The number of amides is 1. The van der Waals surface area contributed by atoms with Crippen molar-refractivity contribution in [3.8, 4) is 17.1 Å². The first-order chi connectivity index (χ1) is 14.0. The maximum Gasteiger partial charge on any atom is 0.260 e. The lowest BCUT2D eigenvalue weighted by atomic mass is 10.1. The maximum atomic E-state index is 12.7. The minimum atomic E-state index is -0.132. The van der Waals surface area contributed by atoms with Crippen molar-refractivity contribution in [1.82, 2.24) is 14.9 Å². The van der Waals surface area contributed by atoms with E-state index in [-0.39, 0.29) is 18.1 Å². The number of ether oxygens (including phenoxy) is 1. The lowest BCUT2D eigenvalue weighted by Gasteiger charge is -2.28. The Balaban J connectivity index is 1.50. The van der Waals surface area contributed by atoms with Crippen LogP contribution in [0.2, 0.25) is 0 Å². The SMILES string of the molecule is Cc1cccc(OCC(=O)N2CCc3c(nc(-c4ccccc4)[nH]c3=O)C2)c1C. The van der Waals surface area contributed by atoms with E-state index in [1.807, 2.05) is 62.4 Å². The van der Waals surface area contributed by atoms with Gasteiger partial charge in [-0.3, -0.25) is 9.59 Å². The number of carbonyl (C=O) groups excluding carboxylic acids is 1. The first-order valence-electron chi connectivity index (χ1n) is 9.67. The summed E-state index contributed by atoms with van der Waals surface area (Å²) < 4.78 is 5.76. The van der Waals surface area contributed by atoms with Gasteiger partial charge in [0.15, 0.2) is 6.61 Å². The second-order valence-corrected chi connectivity index (χ2v) is 7.26. The van der Waals surface area contributed by atoms with Crippen molar-refractivity contribution in [3.05, 3.63) is 81.3 Å². The van der Waals surface area contributed by atoms with E-state index < -0.39 is 0 Å². The number of nitrogens with one attached hydrogen (secondary N) is 1. The Kier molecular flexibility index (Phi) is 5.16. The van der Waals surface area contributed by atoms with Crippen LogP contribution in [0.3, 0.4) is 0 Å². The Labute approximate surface area is 169 Å². The zero-order chi connectivity index (χ0) is 20.4. The molecule has 1 aliphatic heterocycles. The minimum Gasteiger partial charge on any atom is -0.483 e. The summed E-state index contributed by atoms with van der Waals surface area (Å²) in [7, 11) is 0. The van der Waals surface area contributed by atoms with Crippen molar-refractivity contribution in [1.29, 1.82) is 0 Å². The smallest absolute Gasteiger partial charge is 0.260 e. The standard InChI is InChI=1S/C23H23N3O3/c1-15-7-6-10-20(16(15)2)29-14-21(27)26-12-11-18-19(13-26)24-22(25-23(18)28)17-8-4-3-5-9-17/h3-10H,11-14H2,1-2H3,(H,24,25,28). The highest BCUT2D eigenvalue weighted by Crippen LogP contribution is 2.22. The minimum absolute atomic E-state index is 0.0334. The van der Waals surface area contributed by atoms with Crippen LogP contribution in [0.15, 0.2) is 53.3 Å². The molecule has 1 amide bonds. The molecule has 0 unspecified atom stereocenters. The van der Waals surface area contributed by atoms with Gasteiger partial charge in [-0.25, -0.2) is 4.98 Å². The molecule has 3 aromatic rings. The quantitative estimate of drug-likeness (QED) is 0.744. The van der Waals surface area contributed by atoms with Crippen molar-refractivity contribution in [2.24, 2.45) is 0 Å². The average molecular weight is 389 g/mol. The number of aryl methyl sites for hydroxylation is 1. The van der Waals surface area contributed by atoms with Gasteiger partial charge in [0.25, 0.3) is 11.5 Å². The average Bonchev–Trinajstić information content (AvgIpc) is 2.74. The Morgan fingerprint density at radius 3 is 2.72 bits per heavy atom. The molecule has 1 aliphatic rings. The number of fused-ring (bicyclic) bond motifs is 1. The summed E-state index contributed by atoms with van der Waals surface area (Å²) in [6.07, 6.45) is 0.488. The van der Waals surface area contributed by atoms with Gasteiger partial charge in [0.1, 0.15) is 11.6 Å². The lowest BCUT2D eigenvalue weighted by molar-refractivity contribution is -0.134. The molecule has 6 heteroatoms. The van der Waals surface area contributed by atoms with Gasteiger partial charge in [-0.15, -0.1) is 0 Å². The summed E-state index contributed by atoms with van der Waals surface area (Å²) in [6.45, 7) is 4.76. The fourth-order valence-electron chi connectivity index (χ4n) is 3.50. The van der Waals surface area contributed by atoms with Crippen LogP contribution in [-0.4, -0.2) is 33.9 Å². The van der Waals surface area contributed by atoms with Crippen LogP contribution in [0.25, 0.3) is 11.4 Å². The fraction of sp³-hybridized carbons (Fsp3) is 0.261. The van der Waals surface area contributed by atoms with Gasteiger partial charge in [0.2, 0.25) is 0 Å². The van der Waals surface area contributed by atoms with Crippen LogP contribution in [0.1, 0.15) is 22.4 Å². The molecule has 0 saturated carbocycles. The largest absolute Gasteiger partial charge is 0.483 e. The predicted octanol–water partition coefficient (Wildman–Crippen LogP) is 3.02. The number of benzene rings is 2. The molecular formula is C23H23N3O3. The molecule has 148 valence electrons. The van der Waals surface area contributed by atoms with Gasteiger partial charge in [-0.05, 0) is 37.5 Å². The van der Waals surface area contributed by atoms with Gasteiger partial charge in [-0.2, -0.15) is 0 Å². The lowest BCUT2D eigenvalue weighted by Crippen LogP contribution is -2.41. The second-order valence-electron chi connectivity index (χ2n) is 7.26. The van der Waals surface area contributed by atoms with E-state index in [9.17, 15) is 9.59 Å². The molecule has 4 rings (SSSR count). The maximum absolute atomic E-state index is 12.7. The first kappa shape index (κ1) is 18.9. The molecule has 1 N–H and O–H groups in total. The Hall–Kier alpha value is -3.41. The van der Waals surface area contributed by atoms with Crippen LogP contribution < -0.4 is 10.3 Å². The van der Waals surface area contributed by atoms with Crippen molar-refractivity contribution < 1.29 is 9.53 Å². The topological polar surface area (TPSA) is 75.3 Å². The molecule has 2 aromatic carbocycles. The molecular weight excluding hydrogens is 366 g/mol. The third-order valence-corrected chi connectivity index (χ3v) is 5.38. The van der Waals surface area contributed by atoms with Crippen LogP contribution in [0.4, 0.5) is 0 Å². The second kappa shape index (κ2) is 7.91. The highest BCUT2D eigenvalue weighted by atomic mass is 16.5. The Bertz CT molecular complexity index is 1110. The number of H-pyrrole nitrogens is 1. The van der Waals surface area contributed by atoms with Crippen LogP contribution in [0.5, 0.6) is 5.75 Å². The third kappa shape index (κ3) is 3.92. The monoisotopic (exact) mass is 389 g/mol. The number of nitrogens with zero attached hydrogens (tertiary/aromatic N) is 2. The number of aromatic nitrogens is 2. The van der Waals surface area contributed by atoms with Crippen molar-refractivity contribution in [2.75, 3.05) is 13.2 Å². The molecule has 1 aromatic heterocycles. The molecule has 0 radical (unpaired) electrons. The van der Waals surface area contributed by atoms with E-state index in [1.54, 1.807) is 4.90 Å². The van der Waals surface area contributed by atoms with Gasteiger partial charge < -0.3 is 14.6 Å². The number of rotatable bonds is 4. The van der Waals surface area contributed by atoms with Crippen LogP contribution in [0, 0.1) is 13.8 Å². The summed E-state index contributed by atoms with van der Waals surface area (Å²) in [5.74, 6) is 1.13. The van der Waals surface area contributed by atoms with Crippen molar-refractivity contribution >= 4 is 5.91 Å². The zero-order valence-corrected chi connectivity index (χ0v) is 16.6. The Morgan fingerprint density at radius 2 is 1.93 bits per heavy atom. The van der Waals surface area contributed by atoms with E-state index in [0.717, 1.165) is 22.4 Å². The van der Waals surface area contributed by atoms with E-state index in [4.69, 9.17) is 4.74 Å². The van der Waals surface area contributed by atoms with Gasteiger partial charge in [0.05, 0.1) is 12.2 Å². The molecule has 29 heavy (non-hydrogen) atoms. The predicted molar refractivity (Wildman–Crippen MR) is 111 cm³/mol. The summed E-state index contributed by atoms with van der Waals surface area (Å²) in [4.78, 5) is 34.4. The summed E-state index contributed by atoms with van der Waals surface area (Å²) >= 11 is 0. The molecule has 0 spiro atoms. The molecule has 0 aliphatic carbocycles. The van der Waals surface area contributed by atoms with Crippen LogP contribution in [-0.2, 0) is 17.8 Å². The molecule has 6 nitrogen and oxygen atoms in total. The summed E-state index contributed by atoms with van der Waals surface area (Å²) in [5.41, 5.74) is 4.17. The highest BCUT2D eigenvalue weighted by Gasteiger charge is 2.25. The third-order valence-electron chi connectivity index (χ3n) is 5.38. The van der Waals surface area contributed by atoms with Gasteiger partial charge in [0, 0.05) is 17.7 Å². The van der Waals surface area contributed by atoms with E-state index in [2.05, 4.69) is 9.97 Å². The van der Waals surface area contributed by atoms with E-state index >= 15 is 0 Å². The van der Waals surface area contributed by atoms with E-state index in [0.29, 0.717) is 36.6 Å². The normalized spacial score (nSPS) is 13.1. The van der Waals surface area contributed by atoms with Crippen molar-refractivity contribution in [2.45, 2.75) is 26.8 Å². The highest BCUT2D eigenvalue weighted by molar-refractivity contribution is 5.78. The van der Waals surface area contributed by atoms with E-state index in [1.165, 1.54) is 0 Å². The number of hydrogen-bond donors (Lipinski definition) is 1. The number of hydrogen-bond acceptors (Lipinski definition) is 4. The van der Waals surface area contributed by atoms with Crippen LogP contribution >= 0.6 is 0 Å². The zero-order valence-electron chi connectivity index (χ0n) is 16.6. The molecule has 2 heterocycles. The Morgan fingerprint density at radius 1 is 1.14 bits per heavy atom. The number of aromatic amines is 1. The van der Waals surface area contributed by atoms with Crippen molar-refractivity contribution in [3.63, 3.8) is 0 Å². The van der Waals surface area contributed by atoms with Gasteiger partial charge >= 0.3 is 0 Å². The molecule has 0 fully saturated rings. The summed E-state index contributed by atoms with van der Waals surface area (Å²) in [5, 5.41) is 0. The summed E-state index contributed by atoms with van der Waals surface area (Å²) in [6, 6.07) is 15.3.